The number of nitrogens with zero attached hydrogens (tertiary/aromatic N) is 1. The molecule has 5 nitrogen and oxygen atoms in total. The van der Waals surface area contributed by atoms with Crippen molar-refractivity contribution in [1.29, 1.82) is 0 Å². The van der Waals surface area contributed by atoms with Crippen molar-refractivity contribution in [3.63, 3.8) is 0 Å². The number of carboxylic acids is 1. The Labute approximate surface area is 167 Å². The van der Waals surface area contributed by atoms with E-state index in [2.05, 4.69) is 11.9 Å². The fraction of sp³-hybridized carbons (Fsp3) is 0.455. The number of carbonyl (C=O) groups is 1. The molecule has 2 aromatic rings. The first-order valence-corrected chi connectivity index (χ1v) is 11.8. The summed E-state index contributed by atoms with van der Waals surface area (Å²) < 4.78 is 13.4. The van der Waals surface area contributed by atoms with Gasteiger partial charge in [-0.1, -0.05) is 69.0 Å². The number of aromatic nitrogens is 1. The zero-order valence-corrected chi connectivity index (χ0v) is 17.3. The molecule has 0 saturated carbocycles. The Hall–Kier alpha value is -1.97. The molecule has 2 N–H and O–H groups in total. The summed E-state index contributed by atoms with van der Waals surface area (Å²) in [5.41, 5.74) is 0.603. The van der Waals surface area contributed by atoms with Gasteiger partial charge < -0.3 is 10.00 Å². The zero-order valence-electron chi connectivity index (χ0n) is 16.4. The van der Waals surface area contributed by atoms with Crippen molar-refractivity contribution >= 4 is 13.3 Å². The van der Waals surface area contributed by atoms with Crippen LogP contribution in [0.25, 0.3) is 0 Å². The first-order valence-electron chi connectivity index (χ1n) is 9.92. The second-order valence-electron chi connectivity index (χ2n) is 7.29. The van der Waals surface area contributed by atoms with Crippen molar-refractivity contribution in [2.75, 3.05) is 0 Å². The highest BCUT2D eigenvalue weighted by atomic mass is 31.2. The minimum Gasteiger partial charge on any atom is -0.481 e. The molecular weight excluding hydrogens is 373 g/mol. The van der Waals surface area contributed by atoms with Gasteiger partial charge >= 0.3 is 5.97 Å². The van der Waals surface area contributed by atoms with Crippen LogP contribution in [0.1, 0.15) is 50.3 Å². The number of hydrogen-bond donors (Lipinski definition) is 2. The van der Waals surface area contributed by atoms with E-state index in [1.54, 1.807) is 24.4 Å². The highest BCUT2D eigenvalue weighted by Gasteiger charge is 2.40. The molecule has 0 aliphatic carbocycles. The van der Waals surface area contributed by atoms with Gasteiger partial charge in [-0.3, -0.25) is 14.3 Å². The van der Waals surface area contributed by atoms with Crippen molar-refractivity contribution in [3.05, 3.63) is 66.0 Å². The third-order valence-electron chi connectivity index (χ3n) is 5.06. The Kier molecular flexibility index (Phi) is 8.88. The average molecular weight is 403 g/mol. The summed E-state index contributed by atoms with van der Waals surface area (Å²) in [6.45, 7) is 2.10. The molecule has 0 spiro atoms. The van der Waals surface area contributed by atoms with E-state index in [0.717, 1.165) is 31.2 Å². The molecule has 0 aliphatic rings. The van der Waals surface area contributed by atoms with E-state index >= 15 is 0 Å². The molecular formula is C22H30NO4P. The molecule has 152 valence electrons. The first-order chi connectivity index (χ1) is 13.4. The van der Waals surface area contributed by atoms with Crippen LogP contribution in [0.2, 0.25) is 0 Å². The molecule has 28 heavy (non-hydrogen) atoms. The molecule has 3 atom stereocenters. The summed E-state index contributed by atoms with van der Waals surface area (Å²) in [4.78, 5) is 27.3. The monoisotopic (exact) mass is 403 g/mol. The largest absolute Gasteiger partial charge is 0.481 e. The van der Waals surface area contributed by atoms with E-state index in [1.807, 2.05) is 30.3 Å². The molecule has 0 aliphatic heterocycles. The number of hydrogen-bond acceptors (Lipinski definition) is 3. The molecule has 0 saturated heterocycles. The van der Waals surface area contributed by atoms with Gasteiger partial charge in [0, 0.05) is 30.1 Å². The summed E-state index contributed by atoms with van der Waals surface area (Å²) in [6, 6.07) is 14.5. The van der Waals surface area contributed by atoms with Crippen LogP contribution >= 0.6 is 7.37 Å². The van der Waals surface area contributed by atoms with Crippen LogP contribution in [0.15, 0.2) is 54.7 Å². The van der Waals surface area contributed by atoms with Gasteiger partial charge in [0.1, 0.15) is 0 Å². The van der Waals surface area contributed by atoms with Crippen molar-refractivity contribution in [2.45, 2.75) is 57.3 Å². The van der Waals surface area contributed by atoms with Gasteiger partial charge in [-0.25, -0.2) is 0 Å². The fourth-order valence-electron chi connectivity index (χ4n) is 3.56. The van der Waals surface area contributed by atoms with E-state index in [0.29, 0.717) is 12.1 Å². The maximum Gasteiger partial charge on any atom is 0.307 e. The number of benzene rings is 1. The summed E-state index contributed by atoms with van der Waals surface area (Å²) in [6.07, 6.45) is 6.00. The van der Waals surface area contributed by atoms with Gasteiger partial charge in [0.15, 0.2) is 0 Å². The van der Waals surface area contributed by atoms with Gasteiger partial charge in [-0.05, 0) is 24.1 Å². The van der Waals surface area contributed by atoms with Crippen molar-refractivity contribution < 1.29 is 19.4 Å². The van der Waals surface area contributed by atoms with Gasteiger partial charge in [0.25, 0.3) is 0 Å². The van der Waals surface area contributed by atoms with Crippen LogP contribution in [-0.4, -0.2) is 26.6 Å². The maximum atomic E-state index is 13.4. The molecule has 0 fully saturated rings. The second kappa shape index (κ2) is 11.1. The average Bonchev–Trinajstić information content (AvgIpc) is 2.67. The van der Waals surface area contributed by atoms with E-state index in [-0.39, 0.29) is 12.6 Å². The molecule has 0 radical (unpaired) electrons. The van der Waals surface area contributed by atoms with Crippen LogP contribution < -0.4 is 0 Å². The lowest BCUT2D eigenvalue weighted by atomic mass is 9.95. The van der Waals surface area contributed by atoms with Crippen molar-refractivity contribution in [1.82, 2.24) is 4.98 Å². The van der Waals surface area contributed by atoms with Crippen molar-refractivity contribution in [3.8, 4) is 0 Å². The Morgan fingerprint density at radius 1 is 1.07 bits per heavy atom. The predicted octanol–water partition coefficient (Wildman–Crippen LogP) is 5.13. The number of pyridine rings is 1. The normalized spacial score (nSPS) is 15.5. The Bertz CT molecular complexity index is 767. The SMILES string of the molecule is CCCCCCC(C(Cc1ccccn1)C(=O)O)P(=O)(O)Cc1ccccc1. The van der Waals surface area contributed by atoms with E-state index in [9.17, 15) is 19.4 Å². The standard InChI is InChI=1S/C22H30NO4P/c1-2-3-4-8-14-21(28(26,27)17-18-11-6-5-7-12-18)20(22(24)25)16-19-13-9-10-15-23-19/h5-7,9-13,15,20-21H,2-4,8,14,16-17H2,1H3,(H,24,25)(H,26,27). The van der Waals surface area contributed by atoms with E-state index < -0.39 is 24.9 Å². The Balaban J connectivity index is 2.26. The maximum absolute atomic E-state index is 13.4. The summed E-state index contributed by atoms with van der Waals surface area (Å²) in [5, 5.41) is 9.88. The lowest BCUT2D eigenvalue weighted by Gasteiger charge is -2.28. The highest BCUT2D eigenvalue weighted by Crippen LogP contribution is 2.54. The molecule has 1 heterocycles. The van der Waals surface area contributed by atoms with Crippen LogP contribution in [0.4, 0.5) is 0 Å². The molecule has 1 aromatic carbocycles. The smallest absolute Gasteiger partial charge is 0.307 e. The lowest BCUT2D eigenvalue weighted by Crippen LogP contribution is -2.31. The molecule has 2 rings (SSSR count). The van der Waals surface area contributed by atoms with Gasteiger partial charge in [0.05, 0.1) is 5.92 Å². The highest BCUT2D eigenvalue weighted by molar-refractivity contribution is 7.58. The Morgan fingerprint density at radius 2 is 1.79 bits per heavy atom. The van der Waals surface area contributed by atoms with Gasteiger partial charge in [0.2, 0.25) is 7.37 Å². The second-order valence-corrected chi connectivity index (χ2v) is 9.78. The first kappa shape index (κ1) is 22.3. The fourth-order valence-corrected chi connectivity index (χ4v) is 5.91. The van der Waals surface area contributed by atoms with E-state index in [1.165, 1.54) is 0 Å². The predicted molar refractivity (Wildman–Crippen MR) is 112 cm³/mol. The van der Waals surface area contributed by atoms with Crippen LogP contribution in [0.3, 0.4) is 0 Å². The number of unbranched alkanes of at least 4 members (excludes halogenated alkanes) is 3. The molecule has 0 amide bonds. The number of aliphatic carboxylic acids is 1. The molecule has 0 bridgehead atoms. The van der Waals surface area contributed by atoms with E-state index in [4.69, 9.17) is 0 Å². The van der Waals surface area contributed by atoms with Crippen molar-refractivity contribution in [2.24, 2.45) is 5.92 Å². The topological polar surface area (TPSA) is 87.5 Å². The summed E-state index contributed by atoms with van der Waals surface area (Å²) in [5.74, 6) is -1.97. The zero-order chi connectivity index (χ0) is 20.4. The van der Waals surface area contributed by atoms with Crippen LogP contribution in [-0.2, 0) is 21.9 Å². The minimum absolute atomic E-state index is 0.00170. The molecule has 3 unspecified atom stereocenters. The number of carboxylic acid groups (broad SMARTS) is 1. The summed E-state index contributed by atoms with van der Waals surface area (Å²) >= 11 is 0. The third kappa shape index (κ3) is 6.88. The summed E-state index contributed by atoms with van der Waals surface area (Å²) in [7, 11) is -3.73. The van der Waals surface area contributed by atoms with Gasteiger partial charge in [-0.15, -0.1) is 0 Å². The Morgan fingerprint density at radius 3 is 2.39 bits per heavy atom. The van der Waals surface area contributed by atoms with Crippen LogP contribution in [0.5, 0.6) is 0 Å². The molecule has 6 heteroatoms. The third-order valence-corrected chi connectivity index (χ3v) is 7.53. The van der Waals surface area contributed by atoms with Crippen LogP contribution in [0, 0.1) is 5.92 Å². The molecule has 1 aromatic heterocycles. The quantitative estimate of drug-likeness (QED) is 0.379. The lowest BCUT2D eigenvalue weighted by molar-refractivity contribution is -0.141. The van der Waals surface area contributed by atoms with Gasteiger partial charge in [-0.2, -0.15) is 0 Å². The minimum atomic E-state index is -3.73. The number of rotatable bonds is 12.